The highest BCUT2D eigenvalue weighted by molar-refractivity contribution is 8.13. The maximum atomic E-state index is 15.0. The van der Waals surface area contributed by atoms with Gasteiger partial charge in [-0.1, -0.05) is 36.0 Å². The average molecular weight is 503 g/mol. The smallest absolute Gasteiger partial charge is 0.335 e. The lowest BCUT2D eigenvalue weighted by molar-refractivity contribution is -0.172. The topological polar surface area (TPSA) is 94.1 Å². The summed E-state index contributed by atoms with van der Waals surface area (Å²) in [5.74, 6) is -2.88. The second-order valence-corrected chi connectivity index (χ2v) is 9.53. The van der Waals surface area contributed by atoms with E-state index in [-0.39, 0.29) is 41.4 Å². The van der Waals surface area contributed by atoms with Gasteiger partial charge in [-0.3, -0.25) is 9.59 Å². The minimum atomic E-state index is -1.29. The van der Waals surface area contributed by atoms with E-state index in [1.165, 1.54) is 31.7 Å². The number of halogens is 2. The molecule has 0 saturated carbocycles. The SMILES string of the molecule is CC(=O)C(C)OC(=O)C1CC2CSC(NC(=O)c3ccccc3)=NC2(c2ccc(F)cc2F)CO1. The Morgan fingerprint density at radius 3 is 2.63 bits per heavy atom. The summed E-state index contributed by atoms with van der Waals surface area (Å²) < 4.78 is 39.6. The third kappa shape index (κ3) is 5.28. The number of benzene rings is 2. The molecule has 0 aromatic heterocycles. The lowest BCUT2D eigenvalue weighted by Gasteiger charge is -2.46. The van der Waals surface area contributed by atoms with Crippen LogP contribution in [0.3, 0.4) is 0 Å². The molecule has 7 nitrogen and oxygen atoms in total. The monoisotopic (exact) mass is 502 g/mol. The van der Waals surface area contributed by atoms with Crippen molar-refractivity contribution in [1.82, 2.24) is 5.32 Å². The van der Waals surface area contributed by atoms with E-state index < -0.39 is 35.4 Å². The van der Waals surface area contributed by atoms with Crippen molar-refractivity contribution in [2.75, 3.05) is 12.4 Å². The van der Waals surface area contributed by atoms with Crippen LogP contribution in [0.5, 0.6) is 0 Å². The molecule has 2 aliphatic heterocycles. The number of carbonyl (C=O) groups is 3. The Balaban J connectivity index is 1.64. The highest BCUT2D eigenvalue weighted by atomic mass is 32.2. The Labute approximate surface area is 205 Å². The molecule has 1 fully saturated rings. The van der Waals surface area contributed by atoms with Crippen molar-refractivity contribution in [3.05, 3.63) is 71.3 Å². The minimum absolute atomic E-state index is 0.111. The summed E-state index contributed by atoms with van der Waals surface area (Å²) in [6, 6.07) is 11.8. The highest BCUT2D eigenvalue weighted by Crippen LogP contribution is 2.47. The number of carbonyl (C=O) groups excluding carboxylic acids is 3. The zero-order valence-electron chi connectivity index (χ0n) is 19.1. The highest BCUT2D eigenvalue weighted by Gasteiger charge is 2.51. The molecule has 4 rings (SSSR count). The summed E-state index contributed by atoms with van der Waals surface area (Å²) in [4.78, 5) is 41.4. The van der Waals surface area contributed by atoms with Crippen molar-refractivity contribution in [3.63, 3.8) is 0 Å². The fourth-order valence-electron chi connectivity index (χ4n) is 4.11. The lowest BCUT2D eigenvalue weighted by Crippen LogP contribution is -2.53. The van der Waals surface area contributed by atoms with Crippen molar-refractivity contribution < 1.29 is 32.6 Å². The number of Topliss-reactive ketones (excluding diaryl/α,β-unsaturated/α-hetero) is 1. The molecule has 2 heterocycles. The van der Waals surface area contributed by atoms with E-state index in [2.05, 4.69) is 5.32 Å². The van der Waals surface area contributed by atoms with E-state index in [4.69, 9.17) is 14.5 Å². The summed E-state index contributed by atoms with van der Waals surface area (Å²) >= 11 is 1.27. The van der Waals surface area contributed by atoms with Crippen LogP contribution in [-0.4, -0.2) is 47.4 Å². The quantitative estimate of drug-likeness (QED) is 0.628. The maximum absolute atomic E-state index is 15.0. The predicted molar refractivity (Wildman–Crippen MR) is 126 cm³/mol. The number of aliphatic imine (C=N–C) groups is 1. The number of hydrogen-bond acceptors (Lipinski definition) is 7. The summed E-state index contributed by atoms with van der Waals surface area (Å²) in [5.41, 5.74) is -0.743. The molecule has 2 aliphatic rings. The number of fused-ring (bicyclic) bond motifs is 1. The maximum Gasteiger partial charge on any atom is 0.335 e. The number of rotatable bonds is 5. The molecule has 1 saturated heterocycles. The number of hydrogen-bond donors (Lipinski definition) is 1. The largest absolute Gasteiger partial charge is 0.453 e. The van der Waals surface area contributed by atoms with E-state index in [9.17, 15) is 23.2 Å². The number of amides is 1. The van der Waals surface area contributed by atoms with Gasteiger partial charge < -0.3 is 14.8 Å². The minimum Gasteiger partial charge on any atom is -0.453 e. The molecule has 1 amide bonds. The molecule has 4 unspecified atom stereocenters. The molecule has 2 aromatic rings. The van der Waals surface area contributed by atoms with E-state index in [0.717, 1.165) is 12.1 Å². The summed E-state index contributed by atoms with van der Waals surface area (Å²) in [6.45, 7) is 2.60. The number of nitrogens with one attached hydrogen (secondary N) is 1. The number of ketones is 1. The van der Waals surface area contributed by atoms with Gasteiger partial charge in [0.1, 0.15) is 17.2 Å². The average Bonchev–Trinajstić information content (AvgIpc) is 2.83. The normalized spacial score (nSPS) is 24.5. The molecule has 0 aliphatic carbocycles. The van der Waals surface area contributed by atoms with Gasteiger partial charge in [0.25, 0.3) is 5.91 Å². The van der Waals surface area contributed by atoms with Gasteiger partial charge in [-0.05, 0) is 38.5 Å². The van der Waals surface area contributed by atoms with Crippen LogP contribution in [0.1, 0.15) is 36.2 Å². The van der Waals surface area contributed by atoms with Gasteiger partial charge in [0.05, 0.1) is 6.61 Å². The molecule has 10 heteroatoms. The molecule has 1 N–H and O–H groups in total. The van der Waals surface area contributed by atoms with Gasteiger partial charge in [-0.25, -0.2) is 18.6 Å². The van der Waals surface area contributed by atoms with Crippen LogP contribution in [-0.2, 0) is 24.6 Å². The Kier molecular flexibility index (Phi) is 7.32. The van der Waals surface area contributed by atoms with Crippen molar-refractivity contribution in [3.8, 4) is 0 Å². The van der Waals surface area contributed by atoms with Crippen LogP contribution < -0.4 is 5.32 Å². The standard InChI is InChI=1S/C25H24F2N2O5S/c1-14(30)15(2)34-23(32)21-10-17-12-35-24(28-22(31)16-6-4-3-5-7-16)29-25(17,13-33-21)19-9-8-18(26)11-20(19)27/h3-9,11,15,17,21H,10,12-13H2,1-2H3,(H,28,29,31). The Hall–Kier alpha value is -3.11. The van der Waals surface area contributed by atoms with Gasteiger partial charge in [-0.15, -0.1) is 0 Å². The third-order valence-corrected chi connectivity index (χ3v) is 7.22. The number of thioether (sulfide) groups is 1. The lowest BCUT2D eigenvalue weighted by atomic mass is 9.75. The van der Waals surface area contributed by atoms with Crippen LogP contribution in [0, 0.1) is 17.6 Å². The molecular weight excluding hydrogens is 478 g/mol. The van der Waals surface area contributed by atoms with Gasteiger partial charge in [-0.2, -0.15) is 0 Å². The zero-order chi connectivity index (χ0) is 25.2. The van der Waals surface area contributed by atoms with Crippen molar-refractivity contribution in [2.24, 2.45) is 10.9 Å². The van der Waals surface area contributed by atoms with Gasteiger partial charge >= 0.3 is 5.97 Å². The van der Waals surface area contributed by atoms with Crippen molar-refractivity contribution in [2.45, 2.75) is 38.0 Å². The first-order valence-electron chi connectivity index (χ1n) is 11.1. The van der Waals surface area contributed by atoms with Gasteiger partial charge in [0.15, 0.2) is 23.2 Å². The first-order chi connectivity index (χ1) is 16.7. The van der Waals surface area contributed by atoms with Crippen LogP contribution >= 0.6 is 11.8 Å². The van der Waals surface area contributed by atoms with E-state index >= 15 is 0 Å². The molecule has 35 heavy (non-hydrogen) atoms. The third-order valence-electron chi connectivity index (χ3n) is 6.18. The van der Waals surface area contributed by atoms with E-state index in [1.807, 2.05) is 0 Å². The van der Waals surface area contributed by atoms with Crippen LogP contribution in [0.2, 0.25) is 0 Å². The fraction of sp³-hybridized carbons (Fsp3) is 0.360. The van der Waals surface area contributed by atoms with Crippen LogP contribution in [0.15, 0.2) is 53.5 Å². The Morgan fingerprint density at radius 2 is 1.94 bits per heavy atom. The molecule has 0 bridgehead atoms. The first-order valence-corrected chi connectivity index (χ1v) is 12.1. The number of nitrogens with zero attached hydrogens (tertiary/aromatic N) is 1. The fourth-order valence-corrected chi connectivity index (χ4v) is 5.27. The molecule has 2 aromatic carbocycles. The zero-order valence-corrected chi connectivity index (χ0v) is 19.9. The number of esters is 1. The summed E-state index contributed by atoms with van der Waals surface area (Å²) in [6.07, 6.45) is -1.72. The van der Waals surface area contributed by atoms with Crippen molar-refractivity contribution >= 4 is 34.6 Å². The summed E-state index contributed by atoms with van der Waals surface area (Å²) in [7, 11) is 0. The van der Waals surface area contributed by atoms with E-state index in [1.54, 1.807) is 30.3 Å². The van der Waals surface area contributed by atoms with Crippen LogP contribution in [0.25, 0.3) is 0 Å². The first kappa shape index (κ1) is 25.0. The second kappa shape index (κ2) is 10.2. The van der Waals surface area contributed by atoms with Crippen LogP contribution in [0.4, 0.5) is 8.78 Å². The number of ether oxygens (including phenoxy) is 2. The predicted octanol–water partition coefficient (Wildman–Crippen LogP) is 3.62. The molecule has 4 atom stereocenters. The van der Waals surface area contributed by atoms with E-state index in [0.29, 0.717) is 11.3 Å². The molecule has 0 radical (unpaired) electrons. The Morgan fingerprint density at radius 1 is 1.20 bits per heavy atom. The van der Waals surface area contributed by atoms with Gasteiger partial charge in [0, 0.05) is 28.9 Å². The van der Waals surface area contributed by atoms with Gasteiger partial charge in [0.2, 0.25) is 0 Å². The number of amidine groups is 1. The molecule has 0 spiro atoms. The molecular formula is C25H24F2N2O5S. The Bertz CT molecular complexity index is 1180. The second-order valence-electron chi connectivity index (χ2n) is 8.52. The molecule has 184 valence electrons. The van der Waals surface area contributed by atoms with Crippen molar-refractivity contribution in [1.29, 1.82) is 0 Å². The summed E-state index contributed by atoms with van der Waals surface area (Å²) in [5, 5.41) is 3.03.